The summed E-state index contributed by atoms with van der Waals surface area (Å²) in [6.45, 7) is 6.77. The first-order chi connectivity index (χ1) is 7.88. The van der Waals surface area contributed by atoms with E-state index in [4.69, 9.17) is 10.7 Å². The summed E-state index contributed by atoms with van der Waals surface area (Å²) >= 11 is 0. The van der Waals surface area contributed by atoms with Crippen LogP contribution in [0.1, 0.15) is 33.1 Å². The van der Waals surface area contributed by atoms with Crippen molar-refractivity contribution in [1.29, 1.82) is 0 Å². The molecule has 0 aliphatic carbocycles. The van der Waals surface area contributed by atoms with Crippen molar-refractivity contribution < 1.29 is 8.42 Å². The monoisotopic (exact) mass is 279 g/mol. The minimum Gasteiger partial charge on any atom is -0.301 e. The third kappa shape index (κ3) is 6.43. The predicted octanol–water partition coefficient (Wildman–Crippen LogP) is 2.62. The second-order valence-corrected chi connectivity index (χ2v) is 7.81. The van der Waals surface area contributed by atoms with Crippen molar-refractivity contribution >= 4 is 19.7 Å². The van der Waals surface area contributed by atoms with Gasteiger partial charge in [-0.2, -0.15) is 0 Å². The Morgan fingerprint density at radius 3 is 2.35 bits per heavy atom. The molecule has 0 aromatic heterocycles. The zero-order valence-corrected chi connectivity index (χ0v) is 12.2. The first kappa shape index (κ1) is 15.0. The van der Waals surface area contributed by atoms with Crippen molar-refractivity contribution in [3.05, 3.63) is 12.2 Å². The average molecular weight is 280 g/mol. The third-order valence-corrected chi connectivity index (χ3v) is 4.28. The second kappa shape index (κ2) is 6.76. The van der Waals surface area contributed by atoms with E-state index in [2.05, 4.69) is 18.7 Å². The van der Waals surface area contributed by atoms with E-state index in [0.29, 0.717) is 12.0 Å². The van der Waals surface area contributed by atoms with Gasteiger partial charge in [0, 0.05) is 16.7 Å². The maximum Gasteiger partial charge on any atom is 0.236 e. The zero-order valence-electron chi connectivity index (χ0n) is 10.6. The van der Waals surface area contributed by atoms with Crippen LogP contribution in [0.5, 0.6) is 0 Å². The normalized spacial score (nSPS) is 20.5. The molecule has 17 heavy (non-hydrogen) atoms. The Morgan fingerprint density at radius 1 is 1.29 bits per heavy atom. The fourth-order valence-electron chi connectivity index (χ4n) is 2.18. The van der Waals surface area contributed by atoms with Crippen LogP contribution < -0.4 is 0 Å². The second-order valence-electron chi connectivity index (χ2n) is 4.99. The van der Waals surface area contributed by atoms with Gasteiger partial charge in [0.25, 0.3) is 0 Å². The molecule has 0 spiro atoms. The van der Waals surface area contributed by atoms with E-state index in [9.17, 15) is 8.42 Å². The third-order valence-electron chi connectivity index (χ3n) is 3.31. The van der Waals surface area contributed by atoms with Crippen LogP contribution in [0.25, 0.3) is 0 Å². The van der Waals surface area contributed by atoms with Crippen molar-refractivity contribution in [2.45, 2.75) is 39.2 Å². The molecule has 0 bridgehead atoms. The van der Waals surface area contributed by atoms with Crippen LogP contribution in [0.2, 0.25) is 0 Å². The van der Waals surface area contributed by atoms with Gasteiger partial charge in [0.05, 0.1) is 5.75 Å². The van der Waals surface area contributed by atoms with Crippen LogP contribution in [0.4, 0.5) is 0 Å². The van der Waals surface area contributed by atoms with Gasteiger partial charge in [-0.05, 0) is 52.1 Å². The summed E-state index contributed by atoms with van der Waals surface area (Å²) in [5.41, 5.74) is 0. The highest BCUT2D eigenvalue weighted by Gasteiger charge is 2.19. The molecule has 1 rings (SSSR count). The highest BCUT2D eigenvalue weighted by Crippen LogP contribution is 2.22. The zero-order chi connectivity index (χ0) is 12.9. The topological polar surface area (TPSA) is 37.4 Å². The quantitative estimate of drug-likeness (QED) is 0.573. The Bertz CT molecular complexity index is 344. The van der Waals surface area contributed by atoms with Gasteiger partial charge in [-0.15, -0.1) is 0 Å². The summed E-state index contributed by atoms with van der Waals surface area (Å²) in [6.07, 6.45) is 7.00. The molecule has 0 N–H and O–H groups in total. The lowest BCUT2D eigenvalue weighted by Gasteiger charge is -2.34. The molecule has 5 heteroatoms. The molecule has 1 fully saturated rings. The Labute approximate surface area is 109 Å². The summed E-state index contributed by atoms with van der Waals surface area (Å²) in [7, 11) is 1.75. The van der Waals surface area contributed by atoms with E-state index >= 15 is 0 Å². The smallest absolute Gasteiger partial charge is 0.236 e. The van der Waals surface area contributed by atoms with Crippen LogP contribution in [-0.2, 0) is 9.05 Å². The van der Waals surface area contributed by atoms with Gasteiger partial charge in [0.1, 0.15) is 0 Å². The average Bonchev–Trinajstić information content (AvgIpc) is 2.24. The minimum atomic E-state index is -3.37. The van der Waals surface area contributed by atoms with Gasteiger partial charge in [0.2, 0.25) is 9.05 Å². The largest absolute Gasteiger partial charge is 0.301 e. The van der Waals surface area contributed by atoms with Crippen LogP contribution >= 0.6 is 10.7 Å². The molecule has 1 saturated heterocycles. The molecule has 3 nitrogen and oxygen atoms in total. The van der Waals surface area contributed by atoms with E-state index in [0.717, 1.165) is 19.5 Å². The van der Waals surface area contributed by atoms with Crippen LogP contribution in [0, 0.1) is 5.92 Å². The van der Waals surface area contributed by atoms with Crippen molar-refractivity contribution in [1.82, 2.24) is 4.90 Å². The maximum absolute atomic E-state index is 10.7. The predicted molar refractivity (Wildman–Crippen MR) is 72.8 cm³/mol. The molecule has 1 aliphatic rings. The van der Waals surface area contributed by atoms with E-state index < -0.39 is 9.05 Å². The Balaban J connectivity index is 2.23. The number of likely N-dealkylation sites (tertiary alicyclic amines) is 1. The van der Waals surface area contributed by atoms with Gasteiger partial charge in [0.15, 0.2) is 0 Å². The Morgan fingerprint density at radius 2 is 1.88 bits per heavy atom. The number of allylic oxidation sites excluding steroid dienone is 1. The van der Waals surface area contributed by atoms with Crippen molar-refractivity contribution in [3.8, 4) is 0 Å². The van der Waals surface area contributed by atoms with Crippen molar-refractivity contribution in [3.63, 3.8) is 0 Å². The fraction of sp³-hybridized carbons (Fsp3) is 0.833. The van der Waals surface area contributed by atoms with Gasteiger partial charge in [-0.3, -0.25) is 0 Å². The summed E-state index contributed by atoms with van der Waals surface area (Å²) in [6, 6.07) is 0.632. The van der Waals surface area contributed by atoms with Crippen LogP contribution in [0.3, 0.4) is 0 Å². The number of hydrogen-bond donors (Lipinski definition) is 0. The summed E-state index contributed by atoms with van der Waals surface area (Å²) in [5, 5.41) is 0. The van der Waals surface area contributed by atoms with E-state index in [-0.39, 0.29) is 5.75 Å². The number of nitrogens with zero attached hydrogens (tertiary/aromatic N) is 1. The first-order valence-electron chi connectivity index (χ1n) is 6.20. The Kier molecular flexibility index (Phi) is 5.97. The molecular weight excluding hydrogens is 258 g/mol. The summed E-state index contributed by atoms with van der Waals surface area (Å²) < 4.78 is 21.4. The van der Waals surface area contributed by atoms with E-state index in [1.54, 1.807) is 6.08 Å². The molecule has 0 aromatic carbocycles. The molecular formula is C12H22ClNO2S. The molecule has 1 aliphatic heterocycles. The standard InChI is InChI=1S/C12H22ClNO2S/c1-11(2)14-8-6-12(7-9-14)5-3-4-10-17(13,15)16/h3-4,11-12H,5-10H2,1-2H3/b4-3-. The van der Waals surface area contributed by atoms with Crippen LogP contribution in [0.15, 0.2) is 12.2 Å². The van der Waals surface area contributed by atoms with Crippen LogP contribution in [-0.4, -0.2) is 38.2 Å². The lowest BCUT2D eigenvalue weighted by Crippen LogP contribution is -2.38. The Hall–Kier alpha value is -0.0600. The van der Waals surface area contributed by atoms with Crippen molar-refractivity contribution in [2.24, 2.45) is 5.92 Å². The number of hydrogen-bond acceptors (Lipinski definition) is 3. The number of rotatable bonds is 5. The lowest BCUT2D eigenvalue weighted by atomic mass is 9.93. The SMILES string of the molecule is CC(C)N1CCC(C/C=C\CS(=O)(=O)Cl)CC1. The lowest BCUT2D eigenvalue weighted by molar-refractivity contribution is 0.150. The molecule has 0 saturated carbocycles. The molecule has 0 amide bonds. The fourth-order valence-corrected chi connectivity index (χ4v) is 2.76. The molecule has 100 valence electrons. The van der Waals surface area contributed by atoms with E-state index in [1.807, 2.05) is 6.08 Å². The molecule has 0 atom stereocenters. The minimum absolute atomic E-state index is 0.0562. The van der Waals surface area contributed by atoms with Crippen molar-refractivity contribution in [2.75, 3.05) is 18.8 Å². The maximum atomic E-state index is 10.7. The molecule has 1 heterocycles. The van der Waals surface area contributed by atoms with Gasteiger partial charge in [-0.1, -0.05) is 12.2 Å². The van der Waals surface area contributed by atoms with Gasteiger partial charge in [-0.25, -0.2) is 8.42 Å². The first-order valence-corrected chi connectivity index (χ1v) is 8.67. The molecule has 0 unspecified atom stereocenters. The van der Waals surface area contributed by atoms with E-state index in [1.165, 1.54) is 12.8 Å². The number of halogens is 1. The summed E-state index contributed by atoms with van der Waals surface area (Å²) in [4.78, 5) is 2.49. The highest BCUT2D eigenvalue weighted by molar-refractivity contribution is 8.13. The number of piperidine rings is 1. The summed E-state index contributed by atoms with van der Waals surface area (Å²) in [5.74, 6) is 0.638. The molecule has 0 radical (unpaired) electrons. The highest BCUT2D eigenvalue weighted by atomic mass is 35.7. The van der Waals surface area contributed by atoms with Gasteiger partial charge < -0.3 is 4.90 Å². The molecule has 0 aromatic rings. The van der Waals surface area contributed by atoms with Gasteiger partial charge >= 0.3 is 0 Å².